The molecule has 0 fully saturated rings. The zero-order valence-electron chi connectivity index (χ0n) is 14.9. The zero-order valence-corrected chi connectivity index (χ0v) is 15.7. The maximum atomic E-state index is 12.8. The summed E-state index contributed by atoms with van der Waals surface area (Å²) >= 11 is 0. The van der Waals surface area contributed by atoms with Crippen molar-refractivity contribution in [2.45, 2.75) is 11.8 Å². The number of H-pyrrole nitrogens is 1. The first-order chi connectivity index (χ1) is 13.1. The van der Waals surface area contributed by atoms with E-state index in [0.717, 1.165) is 10.9 Å². The van der Waals surface area contributed by atoms with Crippen LogP contribution in [0, 0.1) is 6.92 Å². The number of methoxy groups -OCH3 is 1. The van der Waals surface area contributed by atoms with Crippen LogP contribution in [-0.2, 0) is 18.0 Å². The van der Waals surface area contributed by atoms with Gasteiger partial charge < -0.3 is 4.74 Å². The number of benzene rings is 1. The lowest BCUT2D eigenvalue weighted by molar-refractivity contribution is 0.417. The Bertz CT molecular complexity index is 1130. The van der Waals surface area contributed by atoms with Crippen LogP contribution in [0.3, 0.4) is 0 Å². The predicted octanol–water partition coefficient (Wildman–Crippen LogP) is 2.21. The predicted molar refractivity (Wildman–Crippen MR) is 102 cm³/mol. The SMILES string of the molecule is COc1ccc2cnn(C)c2c1NS(=O)c1ccc(-c2n[nH]c(C)n2)nc1. The van der Waals surface area contributed by atoms with Crippen molar-refractivity contribution in [3.8, 4) is 17.3 Å². The monoisotopic (exact) mass is 383 g/mol. The van der Waals surface area contributed by atoms with Gasteiger partial charge in [0.05, 0.1) is 23.7 Å². The lowest BCUT2D eigenvalue weighted by Crippen LogP contribution is -2.08. The van der Waals surface area contributed by atoms with E-state index in [-0.39, 0.29) is 0 Å². The molecule has 0 aliphatic carbocycles. The van der Waals surface area contributed by atoms with E-state index in [1.165, 1.54) is 0 Å². The Kier molecular flexibility index (Phi) is 4.32. The lowest BCUT2D eigenvalue weighted by Gasteiger charge is -2.13. The molecule has 3 aromatic heterocycles. The maximum absolute atomic E-state index is 12.8. The number of aromatic amines is 1. The minimum Gasteiger partial charge on any atom is -0.494 e. The molecule has 10 heteroatoms. The minimum atomic E-state index is -1.54. The van der Waals surface area contributed by atoms with Crippen LogP contribution in [0.1, 0.15) is 5.82 Å². The number of nitrogens with one attached hydrogen (secondary N) is 2. The number of hydrogen-bond acceptors (Lipinski definition) is 6. The van der Waals surface area contributed by atoms with Crippen molar-refractivity contribution in [3.05, 3.63) is 42.5 Å². The number of aromatic nitrogens is 6. The van der Waals surface area contributed by atoms with Crippen molar-refractivity contribution >= 4 is 27.6 Å². The number of nitrogens with zero attached hydrogens (tertiary/aromatic N) is 5. The second kappa shape index (κ2) is 6.80. The van der Waals surface area contributed by atoms with Crippen LogP contribution >= 0.6 is 0 Å². The molecule has 27 heavy (non-hydrogen) atoms. The summed E-state index contributed by atoms with van der Waals surface area (Å²) in [6, 6.07) is 7.19. The fourth-order valence-corrected chi connectivity index (χ4v) is 3.59. The van der Waals surface area contributed by atoms with Gasteiger partial charge in [-0.2, -0.15) is 10.2 Å². The van der Waals surface area contributed by atoms with Crippen LogP contribution < -0.4 is 9.46 Å². The molecule has 1 aromatic carbocycles. The highest BCUT2D eigenvalue weighted by Gasteiger charge is 2.16. The molecule has 1 atom stereocenters. The molecule has 9 nitrogen and oxygen atoms in total. The second-order valence-corrected chi connectivity index (χ2v) is 7.06. The standard InChI is InChI=1S/C17H17N7O2S/c1-10-20-17(22-21-10)13-6-5-12(9-18-13)27(25)23-15-14(26-3)7-4-11-8-19-24(2)16(11)15/h4-9,23H,1-3H3,(H,20,21,22). The average molecular weight is 383 g/mol. The summed E-state index contributed by atoms with van der Waals surface area (Å²) in [7, 11) is 1.86. The Hall–Kier alpha value is -3.27. The normalized spacial score (nSPS) is 12.3. The van der Waals surface area contributed by atoms with E-state index in [1.807, 2.05) is 26.1 Å². The quantitative estimate of drug-likeness (QED) is 0.547. The third-order valence-corrected chi connectivity index (χ3v) is 5.12. The Morgan fingerprint density at radius 1 is 1.22 bits per heavy atom. The summed E-state index contributed by atoms with van der Waals surface area (Å²) in [6.45, 7) is 1.82. The summed E-state index contributed by atoms with van der Waals surface area (Å²) in [6.07, 6.45) is 3.29. The highest BCUT2D eigenvalue weighted by atomic mass is 32.2. The van der Waals surface area contributed by atoms with Crippen LogP contribution in [0.5, 0.6) is 5.75 Å². The molecule has 0 aliphatic heterocycles. The Morgan fingerprint density at radius 2 is 2.07 bits per heavy atom. The van der Waals surface area contributed by atoms with Crippen molar-refractivity contribution in [1.82, 2.24) is 29.9 Å². The lowest BCUT2D eigenvalue weighted by atomic mass is 10.2. The first-order valence-corrected chi connectivity index (χ1v) is 9.24. The largest absolute Gasteiger partial charge is 0.494 e. The Balaban J connectivity index is 1.65. The van der Waals surface area contributed by atoms with Gasteiger partial charge in [-0.15, -0.1) is 0 Å². The highest BCUT2D eigenvalue weighted by Crippen LogP contribution is 2.33. The number of anilines is 1. The van der Waals surface area contributed by atoms with Crippen molar-refractivity contribution in [2.75, 3.05) is 11.8 Å². The van der Waals surface area contributed by atoms with Crippen LogP contribution in [0.2, 0.25) is 0 Å². The summed E-state index contributed by atoms with van der Waals surface area (Å²) in [4.78, 5) is 9.07. The van der Waals surface area contributed by atoms with E-state index in [2.05, 4.69) is 30.0 Å². The fourth-order valence-electron chi connectivity index (χ4n) is 2.75. The van der Waals surface area contributed by atoms with Gasteiger partial charge in [-0.25, -0.2) is 9.19 Å². The Morgan fingerprint density at radius 3 is 2.74 bits per heavy atom. The summed E-state index contributed by atoms with van der Waals surface area (Å²) < 4.78 is 23.0. The van der Waals surface area contributed by atoms with Gasteiger partial charge in [0.15, 0.2) is 16.8 Å². The van der Waals surface area contributed by atoms with Gasteiger partial charge >= 0.3 is 0 Å². The first kappa shape index (κ1) is 17.2. The molecule has 3 heterocycles. The highest BCUT2D eigenvalue weighted by molar-refractivity contribution is 7.86. The molecule has 138 valence electrons. The molecule has 0 aliphatic rings. The molecular weight excluding hydrogens is 366 g/mol. The summed E-state index contributed by atoms with van der Waals surface area (Å²) in [5, 5.41) is 12.0. The van der Waals surface area contributed by atoms with Crippen LogP contribution in [0.4, 0.5) is 5.69 Å². The minimum absolute atomic E-state index is 0.499. The molecule has 2 N–H and O–H groups in total. The zero-order chi connectivity index (χ0) is 19.0. The van der Waals surface area contributed by atoms with E-state index in [4.69, 9.17) is 4.74 Å². The van der Waals surface area contributed by atoms with Crippen molar-refractivity contribution < 1.29 is 8.95 Å². The van der Waals surface area contributed by atoms with E-state index < -0.39 is 11.0 Å². The molecule has 0 radical (unpaired) electrons. The van der Waals surface area contributed by atoms with E-state index in [9.17, 15) is 4.21 Å². The van der Waals surface area contributed by atoms with E-state index in [0.29, 0.717) is 33.7 Å². The molecular formula is C17H17N7O2S. The van der Waals surface area contributed by atoms with Gasteiger partial charge in [0.2, 0.25) is 0 Å². The molecule has 0 saturated heterocycles. The third kappa shape index (κ3) is 3.14. The topological polar surface area (TPSA) is 111 Å². The average Bonchev–Trinajstić information content (AvgIpc) is 3.28. The third-order valence-electron chi connectivity index (χ3n) is 4.06. The number of aryl methyl sites for hydroxylation is 2. The van der Waals surface area contributed by atoms with Crippen molar-refractivity contribution in [2.24, 2.45) is 7.05 Å². The van der Waals surface area contributed by atoms with Crippen molar-refractivity contribution in [1.29, 1.82) is 0 Å². The molecule has 0 amide bonds. The van der Waals surface area contributed by atoms with Gasteiger partial charge in [-0.1, -0.05) is 0 Å². The van der Waals surface area contributed by atoms with Crippen LogP contribution in [-0.4, -0.2) is 41.3 Å². The van der Waals surface area contributed by atoms with Gasteiger partial charge in [-0.3, -0.25) is 19.5 Å². The number of hydrogen-bond donors (Lipinski definition) is 2. The maximum Gasteiger partial charge on any atom is 0.199 e. The van der Waals surface area contributed by atoms with Gasteiger partial charge in [0.25, 0.3) is 0 Å². The first-order valence-electron chi connectivity index (χ1n) is 8.09. The van der Waals surface area contributed by atoms with Crippen LogP contribution in [0.15, 0.2) is 41.6 Å². The van der Waals surface area contributed by atoms with Gasteiger partial charge in [-0.05, 0) is 31.2 Å². The summed E-state index contributed by atoms with van der Waals surface area (Å²) in [5.74, 6) is 1.79. The second-order valence-electron chi connectivity index (χ2n) is 5.84. The summed E-state index contributed by atoms with van der Waals surface area (Å²) in [5.41, 5.74) is 2.02. The Labute approximate surface area is 157 Å². The fraction of sp³-hybridized carbons (Fsp3) is 0.176. The molecule has 0 bridgehead atoms. The van der Waals surface area contributed by atoms with Gasteiger partial charge in [0.1, 0.15) is 23.0 Å². The molecule has 0 spiro atoms. The smallest absolute Gasteiger partial charge is 0.199 e. The molecule has 1 unspecified atom stereocenters. The van der Waals surface area contributed by atoms with Gasteiger partial charge in [0, 0.05) is 18.6 Å². The number of fused-ring (bicyclic) bond motifs is 1. The van der Waals surface area contributed by atoms with Crippen molar-refractivity contribution in [3.63, 3.8) is 0 Å². The van der Waals surface area contributed by atoms with E-state index in [1.54, 1.807) is 36.3 Å². The number of pyridine rings is 1. The number of ether oxygens (including phenoxy) is 1. The molecule has 4 aromatic rings. The molecule has 0 saturated carbocycles. The number of rotatable bonds is 5. The van der Waals surface area contributed by atoms with Crippen LogP contribution in [0.25, 0.3) is 22.4 Å². The molecule has 4 rings (SSSR count). The van der Waals surface area contributed by atoms with E-state index >= 15 is 0 Å².